The van der Waals surface area contributed by atoms with Crippen LogP contribution in [0.5, 0.6) is 0 Å². The number of rotatable bonds is 2. The van der Waals surface area contributed by atoms with E-state index < -0.39 is 0 Å². The van der Waals surface area contributed by atoms with Gasteiger partial charge in [-0.3, -0.25) is 4.90 Å². The van der Waals surface area contributed by atoms with E-state index in [4.69, 9.17) is 3.07 Å². The van der Waals surface area contributed by atoms with Crippen LogP contribution in [0.1, 0.15) is 33.6 Å². The Morgan fingerprint density at radius 3 is 2.23 bits per heavy atom. The van der Waals surface area contributed by atoms with Crippen LogP contribution in [-0.2, 0) is 3.07 Å². The molecular formula is C10H20INO. The SMILES string of the molecule is CC(C)(C)N1CCC(COI)CC1. The predicted molar refractivity (Wildman–Crippen MR) is 64.0 cm³/mol. The van der Waals surface area contributed by atoms with Gasteiger partial charge in [0.1, 0.15) is 23.0 Å². The lowest BCUT2D eigenvalue weighted by molar-refractivity contribution is 0.0778. The number of hydrogen-bond donors (Lipinski definition) is 0. The first-order valence-corrected chi connectivity index (χ1v) is 5.90. The highest BCUT2D eigenvalue weighted by Crippen LogP contribution is 2.24. The number of hydrogen-bond acceptors (Lipinski definition) is 2. The van der Waals surface area contributed by atoms with Gasteiger partial charge in [-0.25, -0.2) is 0 Å². The zero-order valence-electron chi connectivity index (χ0n) is 8.85. The molecule has 0 atom stereocenters. The van der Waals surface area contributed by atoms with Crippen molar-refractivity contribution in [2.45, 2.75) is 39.2 Å². The molecule has 0 spiro atoms. The maximum atomic E-state index is 5.15. The molecule has 1 rings (SSSR count). The van der Waals surface area contributed by atoms with Gasteiger partial charge in [0.15, 0.2) is 0 Å². The van der Waals surface area contributed by atoms with E-state index in [9.17, 15) is 0 Å². The van der Waals surface area contributed by atoms with Crippen LogP contribution >= 0.6 is 23.0 Å². The van der Waals surface area contributed by atoms with E-state index in [0.29, 0.717) is 5.54 Å². The van der Waals surface area contributed by atoms with Crippen LogP contribution in [0.25, 0.3) is 0 Å². The first-order valence-electron chi connectivity index (χ1n) is 5.02. The average Bonchev–Trinajstić information content (AvgIpc) is 2.04. The summed E-state index contributed by atoms with van der Waals surface area (Å²) in [6.45, 7) is 10.3. The largest absolute Gasteiger partial charge is 0.316 e. The summed E-state index contributed by atoms with van der Waals surface area (Å²) in [6, 6.07) is 0. The molecule has 1 aliphatic rings. The van der Waals surface area contributed by atoms with Crippen molar-refractivity contribution in [3.8, 4) is 0 Å². The molecule has 1 heterocycles. The lowest BCUT2D eigenvalue weighted by Crippen LogP contribution is -2.46. The zero-order valence-corrected chi connectivity index (χ0v) is 11.0. The van der Waals surface area contributed by atoms with Gasteiger partial charge in [-0.1, -0.05) is 0 Å². The number of nitrogens with zero attached hydrogens (tertiary/aromatic N) is 1. The van der Waals surface area contributed by atoms with E-state index >= 15 is 0 Å². The van der Waals surface area contributed by atoms with Gasteiger partial charge in [-0.2, -0.15) is 0 Å². The summed E-state index contributed by atoms with van der Waals surface area (Å²) in [6.07, 6.45) is 2.58. The summed E-state index contributed by atoms with van der Waals surface area (Å²) < 4.78 is 5.15. The van der Waals surface area contributed by atoms with E-state index in [1.807, 2.05) is 23.0 Å². The van der Waals surface area contributed by atoms with Crippen molar-refractivity contribution >= 4 is 23.0 Å². The standard InChI is InChI=1S/C10H20INO/c1-10(2,3)12-6-4-9(5-7-12)8-13-11/h9H,4-8H2,1-3H3. The molecule has 0 bridgehead atoms. The van der Waals surface area contributed by atoms with Gasteiger partial charge in [0, 0.05) is 5.54 Å². The normalized spacial score (nSPS) is 22.2. The third kappa shape index (κ3) is 3.72. The van der Waals surface area contributed by atoms with Gasteiger partial charge >= 0.3 is 0 Å². The van der Waals surface area contributed by atoms with E-state index in [1.54, 1.807) is 0 Å². The molecular weight excluding hydrogens is 277 g/mol. The monoisotopic (exact) mass is 297 g/mol. The van der Waals surface area contributed by atoms with Crippen LogP contribution < -0.4 is 0 Å². The van der Waals surface area contributed by atoms with Gasteiger partial charge in [0.05, 0.1) is 6.61 Å². The van der Waals surface area contributed by atoms with Crippen LogP contribution in [0.15, 0.2) is 0 Å². The second-order valence-electron chi connectivity index (χ2n) is 4.88. The molecule has 0 amide bonds. The van der Waals surface area contributed by atoms with Gasteiger partial charge < -0.3 is 3.07 Å². The minimum absolute atomic E-state index is 0.343. The molecule has 1 aliphatic heterocycles. The van der Waals surface area contributed by atoms with Crippen molar-refractivity contribution in [3.63, 3.8) is 0 Å². The van der Waals surface area contributed by atoms with E-state index in [-0.39, 0.29) is 0 Å². The molecule has 0 N–H and O–H groups in total. The fourth-order valence-corrected chi connectivity index (χ4v) is 2.37. The quantitative estimate of drug-likeness (QED) is 0.727. The lowest BCUT2D eigenvalue weighted by Gasteiger charge is -2.40. The highest BCUT2D eigenvalue weighted by Gasteiger charge is 2.26. The van der Waals surface area contributed by atoms with Gasteiger partial charge in [0.25, 0.3) is 0 Å². The summed E-state index contributed by atoms with van der Waals surface area (Å²) in [4.78, 5) is 2.57. The fraction of sp³-hybridized carbons (Fsp3) is 1.00. The average molecular weight is 297 g/mol. The summed E-state index contributed by atoms with van der Waals surface area (Å²) in [7, 11) is 0. The molecule has 0 unspecified atom stereocenters. The zero-order chi connectivity index (χ0) is 9.90. The fourth-order valence-electron chi connectivity index (χ4n) is 1.86. The second-order valence-corrected chi connectivity index (χ2v) is 5.50. The maximum absolute atomic E-state index is 5.15. The molecule has 0 radical (unpaired) electrons. The van der Waals surface area contributed by atoms with E-state index in [0.717, 1.165) is 12.5 Å². The van der Waals surface area contributed by atoms with Crippen LogP contribution in [0.3, 0.4) is 0 Å². The Kier molecular flexibility index (Phi) is 4.45. The predicted octanol–water partition coefficient (Wildman–Crippen LogP) is 2.86. The third-order valence-electron chi connectivity index (χ3n) is 2.86. The Bertz CT molecular complexity index is 147. The minimum Gasteiger partial charge on any atom is -0.316 e. The Balaban J connectivity index is 2.30. The van der Waals surface area contributed by atoms with Crippen LogP contribution in [-0.4, -0.2) is 30.1 Å². The smallest absolute Gasteiger partial charge is 0.109 e. The molecule has 13 heavy (non-hydrogen) atoms. The molecule has 3 heteroatoms. The van der Waals surface area contributed by atoms with E-state index in [1.165, 1.54) is 25.9 Å². The molecule has 1 saturated heterocycles. The second kappa shape index (κ2) is 4.94. The van der Waals surface area contributed by atoms with Crippen molar-refractivity contribution in [2.75, 3.05) is 19.7 Å². The Labute approximate surface area is 95.7 Å². The van der Waals surface area contributed by atoms with Crippen molar-refractivity contribution in [3.05, 3.63) is 0 Å². The van der Waals surface area contributed by atoms with Crippen molar-refractivity contribution in [2.24, 2.45) is 5.92 Å². The van der Waals surface area contributed by atoms with Crippen molar-refractivity contribution in [1.29, 1.82) is 0 Å². The highest BCUT2D eigenvalue weighted by molar-refractivity contribution is 14.1. The topological polar surface area (TPSA) is 12.5 Å². The van der Waals surface area contributed by atoms with Crippen LogP contribution in [0.4, 0.5) is 0 Å². The number of halogens is 1. The third-order valence-corrected chi connectivity index (χ3v) is 3.22. The summed E-state index contributed by atoms with van der Waals surface area (Å²) in [5, 5.41) is 0. The number of likely N-dealkylation sites (tertiary alicyclic amines) is 1. The highest BCUT2D eigenvalue weighted by atomic mass is 127. The molecule has 0 aromatic heterocycles. The van der Waals surface area contributed by atoms with Gasteiger partial charge in [-0.15, -0.1) is 0 Å². The van der Waals surface area contributed by atoms with Crippen molar-refractivity contribution in [1.82, 2.24) is 4.90 Å². The first kappa shape index (κ1) is 11.7. The first-order chi connectivity index (χ1) is 6.04. The molecule has 0 aliphatic carbocycles. The van der Waals surface area contributed by atoms with Gasteiger partial charge in [-0.05, 0) is 52.6 Å². The number of piperidine rings is 1. The molecule has 0 aromatic carbocycles. The maximum Gasteiger partial charge on any atom is 0.109 e. The molecule has 78 valence electrons. The van der Waals surface area contributed by atoms with Crippen LogP contribution in [0.2, 0.25) is 0 Å². The molecule has 2 nitrogen and oxygen atoms in total. The lowest BCUT2D eigenvalue weighted by atomic mass is 9.94. The molecule has 1 fully saturated rings. The summed E-state index contributed by atoms with van der Waals surface area (Å²) >= 11 is 2.00. The molecule has 0 saturated carbocycles. The minimum atomic E-state index is 0.343. The van der Waals surface area contributed by atoms with E-state index in [2.05, 4.69) is 25.7 Å². The van der Waals surface area contributed by atoms with Crippen molar-refractivity contribution < 1.29 is 3.07 Å². The summed E-state index contributed by atoms with van der Waals surface area (Å²) in [5.74, 6) is 0.787. The summed E-state index contributed by atoms with van der Waals surface area (Å²) in [5.41, 5.74) is 0.343. The Morgan fingerprint density at radius 1 is 1.31 bits per heavy atom. The van der Waals surface area contributed by atoms with Crippen LogP contribution in [0, 0.1) is 5.92 Å². The molecule has 0 aromatic rings. The Hall–Kier alpha value is 0.650. The van der Waals surface area contributed by atoms with Gasteiger partial charge in [0.2, 0.25) is 0 Å². The Morgan fingerprint density at radius 2 is 1.85 bits per heavy atom.